The lowest BCUT2D eigenvalue weighted by Gasteiger charge is -2.11. The molecular formula is C20H14N2O4. The SMILES string of the molecule is COc1ccc(-c2c3c(nc(C)c2[N+](=O)[O-])-c2ccccc2C3=O)cc1. The van der Waals surface area contributed by atoms with Gasteiger partial charge in [0.15, 0.2) is 5.78 Å². The van der Waals surface area contributed by atoms with E-state index in [4.69, 9.17) is 4.74 Å². The van der Waals surface area contributed by atoms with Crippen molar-refractivity contribution in [1.29, 1.82) is 0 Å². The van der Waals surface area contributed by atoms with Crippen LogP contribution in [-0.2, 0) is 0 Å². The molecule has 1 aliphatic rings. The summed E-state index contributed by atoms with van der Waals surface area (Å²) in [4.78, 5) is 28.7. The van der Waals surface area contributed by atoms with Crippen molar-refractivity contribution >= 4 is 11.5 Å². The zero-order valence-electron chi connectivity index (χ0n) is 14.1. The summed E-state index contributed by atoms with van der Waals surface area (Å²) in [7, 11) is 1.55. The number of hydrogen-bond donors (Lipinski definition) is 0. The van der Waals surface area contributed by atoms with Gasteiger partial charge < -0.3 is 4.74 Å². The van der Waals surface area contributed by atoms with E-state index in [1.165, 1.54) is 0 Å². The van der Waals surface area contributed by atoms with Crippen LogP contribution < -0.4 is 4.74 Å². The molecule has 1 aromatic heterocycles. The molecule has 128 valence electrons. The number of aryl methyl sites for hydroxylation is 1. The number of nitro groups is 1. The highest BCUT2D eigenvalue weighted by atomic mass is 16.6. The van der Waals surface area contributed by atoms with Gasteiger partial charge in [-0.05, 0) is 24.6 Å². The summed E-state index contributed by atoms with van der Waals surface area (Å²) in [6, 6.07) is 14.0. The van der Waals surface area contributed by atoms with Crippen LogP contribution >= 0.6 is 0 Å². The van der Waals surface area contributed by atoms with Gasteiger partial charge >= 0.3 is 0 Å². The highest BCUT2D eigenvalue weighted by Crippen LogP contribution is 2.45. The fourth-order valence-corrected chi connectivity index (χ4v) is 3.39. The van der Waals surface area contributed by atoms with Crippen LogP contribution in [0.25, 0.3) is 22.4 Å². The molecule has 0 amide bonds. The van der Waals surface area contributed by atoms with Crippen LogP contribution in [0.2, 0.25) is 0 Å². The number of hydrogen-bond acceptors (Lipinski definition) is 5. The molecule has 1 aliphatic carbocycles. The molecule has 4 rings (SSSR count). The number of ether oxygens (including phenoxy) is 1. The Kier molecular flexibility index (Phi) is 3.54. The number of nitrogens with zero attached hydrogens (tertiary/aromatic N) is 2. The Balaban J connectivity index is 2.08. The summed E-state index contributed by atoms with van der Waals surface area (Å²) >= 11 is 0. The number of rotatable bonds is 3. The average molecular weight is 346 g/mol. The normalized spacial score (nSPS) is 11.8. The van der Waals surface area contributed by atoms with Crippen LogP contribution in [0.3, 0.4) is 0 Å². The van der Waals surface area contributed by atoms with Crippen molar-refractivity contribution in [2.24, 2.45) is 0 Å². The van der Waals surface area contributed by atoms with E-state index in [9.17, 15) is 14.9 Å². The zero-order valence-corrected chi connectivity index (χ0v) is 14.1. The lowest BCUT2D eigenvalue weighted by atomic mass is 9.95. The van der Waals surface area contributed by atoms with Gasteiger partial charge in [-0.15, -0.1) is 0 Å². The summed E-state index contributed by atoms with van der Waals surface area (Å²) in [6.07, 6.45) is 0. The van der Waals surface area contributed by atoms with Gasteiger partial charge in [-0.3, -0.25) is 14.9 Å². The largest absolute Gasteiger partial charge is 0.497 e. The van der Waals surface area contributed by atoms with Crippen molar-refractivity contribution in [1.82, 2.24) is 4.98 Å². The minimum Gasteiger partial charge on any atom is -0.497 e. The van der Waals surface area contributed by atoms with E-state index in [-0.39, 0.29) is 22.7 Å². The number of aromatic nitrogens is 1. The molecule has 0 saturated carbocycles. The van der Waals surface area contributed by atoms with E-state index < -0.39 is 4.92 Å². The molecule has 0 saturated heterocycles. The van der Waals surface area contributed by atoms with Crippen molar-refractivity contribution in [3.8, 4) is 28.1 Å². The molecule has 0 N–H and O–H groups in total. The number of methoxy groups -OCH3 is 1. The Hall–Kier alpha value is -3.54. The lowest BCUT2D eigenvalue weighted by molar-refractivity contribution is -0.385. The molecule has 6 heteroatoms. The Morgan fingerprint density at radius 2 is 1.65 bits per heavy atom. The molecule has 6 nitrogen and oxygen atoms in total. The van der Waals surface area contributed by atoms with Crippen LogP contribution in [-0.4, -0.2) is 22.8 Å². The summed E-state index contributed by atoms with van der Waals surface area (Å²) in [5.41, 5.74) is 3.04. The third-order valence-corrected chi connectivity index (χ3v) is 4.56. The number of fused-ring (bicyclic) bond motifs is 3. The summed E-state index contributed by atoms with van der Waals surface area (Å²) < 4.78 is 5.16. The van der Waals surface area contributed by atoms with Gasteiger partial charge in [0.2, 0.25) is 0 Å². The Morgan fingerprint density at radius 1 is 1.00 bits per heavy atom. The van der Waals surface area contributed by atoms with Crippen LogP contribution in [0, 0.1) is 17.0 Å². The summed E-state index contributed by atoms with van der Waals surface area (Å²) in [5, 5.41) is 11.7. The third kappa shape index (κ3) is 2.19. The summed E-state index contributed by atoms with van der Waals surface area (Å²) in [6.45, 7) is 1.59. The molecule has 0 bridgehead atoms. The van der Waals surface area contributed by atoms with Crippen molar-refractivity contribution in [3.05, 3.63) is 75.5 Å². The number of pyridine rings is 1. The van der Waals surface area contributed by atoms with Crippen LogP contribution in [0.5, 0.6) is 5.75 Å². The second-order valence-electron chi connectivity index (χ2n) is 6.00. The highest BCUT2D eigenvalue weighted by Gasteiger charge is 2.36. The van der Waals surface area contributed by atoms with Crippen LogP contribution in [0.4, 0.5) is 5.69 Å². The number of ketones is 1. The first kappa shape index (κ1) is 16.0. The maximum Gasteiger partial charge on any atom is 0.298 e. The van der Waals surface area contributed by atoms with E-state index in [1.54, 1.807) is 50.4 Å². The van der Waals surface area contributed by atoms with E-state index in [0.29, 0.717) is 33.7 Å². The van der Waals surface area contributed by atoms with Crippen LogP contribution in [0.15, 0.2) is 48.5 Å². The Morgan fingerprint density at radius 3 is 2.27 bits per heavy atom. The molecule has 0 unspecified atom stereocenters. The molecule has 1 heterocycles. The van der Waals surface area contributed by atoms with E-state index in [0.717, 1.165) is 0 Å². The van der Waals surface area contributed by atoms with Gasteiger partial charge in [-0.25, -0.2) is 4.98 Å². The molecule has 26 heavy (non-hydrogen) atoms. The monoisotopic (exact) mass is 346 g/mol. The molecule has 0 atom stereocenters. The maximum absolute atomic E-state index is 13.0. The van der Waals surface area contributed by atoms with E-state index in [2.05, 4.69) is 4.98 Å². The van der Waals surface area contributed by atoms with Gasteiger partial charge in [0, 0.05) is 11.1 Å². The first-order valence-corrected chi connectivity index (χ1v) is 8.00. The second kappa shape index (κ2) is 5.77. The topological polar surface area (TPSA) is 82.3 Å². The fourth-order valence-electron chi connectivity index (χ4n) is 3.39. The molecule has 3 aromatic rings. The van der Waals surface area contributed by atoms with Crippen molar-refractivity contribution in [3.63, 3.8) is 0 Å². The Labute approximate surface area is 149 Å². The van der Waals surface area contributed by atoms with Gasteiger partial charge in [0.1, 0.15) is 11.4 Å². The van der Waals surface area contributed by atoms with Crippen molar-refractivity contribution in [2.45, 2.75) is 6.92 Å². The van der Waals surface area contributed by atoms with E-state index in [1.807, 2.05) is 12.1 Å². The van der Waals surface area contributed by atoms with Gasteiger partial charge in [0.05, 0.1) is 28.9 Å². The van der Waals surface area contributed by atoms with E-state index >= 15 is 0 Å². The number of carbonyl (C=O) groups is 1. The minimum absolute atomic E-state index is 0.143. The molecule has 0 fully saturated rings. The fraction of sp³-hybridized carbons (Fsp3) is 0.100. The predicted octanol–water partition coefficient (Wildman–Crippen LogP) is 4.19. The molecular weight excluding hydrogens is 332 g/mol. The predicted molar refractivity (Wildman–Crippen MR) is 96.5 cm³/mol. The lowest BCUT2D eigenvalue weighted by Crippen LogP contribution is -2.05. The molecule has 0 spiro atoms. The molecule has 0 aliphatic heterocycles. The smallest absolute Gasteiger partial charge is 0.298 e. The zero-order chi connectivity index (χ0) is 18.4. The standard InChI is InChI=1S/C20H14N2O4/c1-11-19(22(24)25)16(12-7-9-13(26-2)10-8-12)17-18(21-11)14-5-3-4-6-15(14)20(17)23/h3-10H,1-2H3. The van der Waals surface area contributed by atoms with Gasteiger partial charge in [-0.2, -0.15) is 0 Å². The van der Waals surface area contributed by atoms with Gasteiger partial charge in [-0.1, -0.05) is 36.4 Å². The number of carbonyl (C=O) groups excluding carboxylic acids is 1. The minimum atomic E-state index is -0.474. The average Bonchev–Trinajstić information content (AvgIpc) is 2.93. The molecule has 0 radical (unpaired) electrons. The van der Waals surface area contributed by atoms with Crippen LogP contribution in [0.1, 0.15) is 21.6 Å². The maximum atomic E-state index is 13.0. The first-order chi connectivity index (χ1) is 12.5. The van der Waals surface area contributed by atoms with Gasteiger partial charge in [0.25, 0.3) is 5.69 Å². The summed E-state index contributed by atoms with van der Waals surface area (Å²) in [5.74, 6) is 0.394. The quantitative estimate of drug-likeness (QED) is 0.410. The van der Waals surface area contributed by atoms with Crippen molar-refractivity contribution in [2.75, 3.05) is 7.11 Å². The Bertz CT molecular complexity index is 1070. The van der Waals surface area contributed by atoms with Crippen molar-refractivity contribution < 1.29 is 14.5 Å². The second-order valence-corrected chi connectivity index (χ2v) is 6.00. The first-order valence-electron chi connectivity index (χ1n) is 8.00. The number of benzene rings is 2. The highest BCUT2D eigenvalue weighted by molar-refractivity contribution is 6.24. The molecule has 2 aromatic carbocycles. The third-order valence-electron chi connectivity index (χ3n) is 4.56.